The summed E-state index contributed by atoms with van der Waals surface area (Å²) in [5.41, 5.74) is 1.98. The highest BCUT2D eigenvalue weighted by molar-refractivity contribution is 8.18. The molecule has 0 saturated carbocycles. The van der Waals surface area contributed by atoms with E-state index in [1.165, 1.54) is 43.5 Å². The Morgan fingerprint density at radius 3 is 2.42 bits per heavy atom. The second-order valence-electron chi connectivity index (χ2n) is 7.22. The number of carbonyl (C=O) groups excluding carboxylic acids is 2. The fourth-order valence-corrected chi connectivity index (χ4v) is 4.08. The second kappa shape index (κ2) is 9.87. The van der Waals surface area contributed by atoms with Gasteiger partial charge in [-0.3, -0.25) is 14.5 Å². The van der Waals surface area contributed by atoms with Crippen LogP contribution >= 0.6 is 11.8 Å². The lowest BCUT2D eigenvalue weighted by Crippen LogP contribution is -2.27. The monoisotopic (exact) mass is 467 g/mol. The Balaban J connectivity index is 1.48. The standard InChI is InChI=1S/C25H19F2NO4S/c1-31-22-12-17(7-10-21(22)32-15-18-3-2-4-20(27)11-18)13-23-24(29)28(25(30)33-23)14-16-5-8-19(26)9-6-16/h2-13H,14-15H2,1H3/b23-13-. The van der Waals surface area contributed by atoms with Gasteiger partial charge in [-0.05, 0) is 70.9 Å². The van der Waals surface area contributed by atoms with Gasteiger partial charge in [-0.25, -0.2) is 8.78 Å². The number of ether oxygens (including phenoxy) is 2. The van der Waals surface area contributed by atoms with Crippen molar-refractivity contribution in [2.45, 2.75) is 13.2 Å². The summed E-state index contributed by atoms with van der Waals surface area (Å²) < 4.78 is 37.6. The fourth-order valence-electron chi connectivity index (χ4n) is 3.24. The quantitative estimate of drug-likeness (QED) is 0.412. The molecule has 0 aromatic heterocycles. The molecule has 1 heterocycles. The molecule has 8 heteroatoms. The van der Waals surface area contributed by atoms with Crippen LogP contribution < -0.4 is 9.47 Å². The summed E-state index contributed by atoms with van der Waals surface area (Å²) in [6.07, 6.45) is 1.61. The Hall–Kier alpha value is -3.65. The molecule has 0 unspecified atom stereocenters. The fraction of sp³-hybridized carbons (Fsp3) is 0.120. The van der Waals surface area contributed by atoms with E-state index < -0.39 is 11.1 Å². The number of hydrogen-bond donors (Lipinski definition) is 0. The number of methoxy groups -OCH3 is 1. The predicted molar refractivity (Wildman–Crippen MR) is 122 cm³/mol. The Labute approximate surface area is 193 Å². The van der Waals surface area contributed by atoms with E-state index in [2.05, 4.69) is 0 Å². The number of amides is 2. The molecule has 168 valence electrons. The van der Waals surface area contributed by atoms with Gasteiger partial charge < -0.3 is 9.47 Å². The lowest BCUT2D eigenvalue weighted by Gasteiger charge is -2.12. The predicted octanol–water partition coefficient (Wildman–Crippen LogP) is 5.79. The first kappa shape index (κ1) is 22.5. The van der Waals surface area contributed by atoms with Gasteiger partial charge in [0.05, 0.1) is 18.6 Å². The zero-order valence-corrected chi connectivity index (χ0v) is 18.4. The van der Waals surface area contributed by atoms with Crippen molar-refractivity contribution in [2.75, 3.05) is 7.11 Å². The molecular weight excluding hydrogens is 448 g/mol. The number of thioether (sulfide) groups is 1. The smallest absolute Gasteiger partial charge is 0.293 e. The molecule has 0 bridgehead atoms. The first-order chi connectivity index (χ1) is 15.9. The molecule has 33 heavy (non-hydrogen) atoms. The first-order valence-electron chi connectivity index (χ1n) is 9.98. The first-order valence-corrected chi connectivity index (χ1v) is 10.8. The molecule has 0 N–H and O–H groups in total. The maximum absolute atomic E-state index is 13.4. The lowest BCUT2D eigenvalue weighted by molar-refractivity contribution is -0.123. The zero-order valence-electron chi connectivity index (χ0n) is 17.6. The molecule has 1 fully saturated rings. The third-order valence-electron chi connectivity index (χ3n) is 4.90. The molecule has 1 saturated heterocycles. The van der Waals surface area contributed by atoms with Crippen LogP contribution in [0, 0.1) is 11.6 Å². The Kier molecular flexibility index (Phi) is 6.74. The van der Waals surface area contributed by atoms with Crippen molar-refractivity contribution >= 4 is 29.0 Å². The highest BCUT2D eigenvalue weighted by Crippen LogP contribution is 2.35. The molecule has 5 nitrogen and oxygen atoms in total. The third-order valence-corrected chi connectivity index (χ3v) is 5.80. The number of halogens is 2. The van der Waals surface area contributed by atoms with Gasteiger partial charge >= 0.3 is 0 Å². The number of imide groups is 1. The molecule has 0 radical (unpaired) electrons. The van der Waals surface area contributed by atoms with E-state index in [0.29, 0.717) is 28.2 Å². The second-order valence-corrected chi connectivity index (χ2v) is 8.22. The average molecular weight is 467 g/mol. The van der Waals surface area contributed by atoms with Gasteiger partial charge in [0, 0.05) is 0 Å². The van der Waals surface area contributed by atoms with Gasteiger partial charge in [0.2, 0.25) is 0 Å². The minimum Gasteiger partial charge on any atom is -0.493 e. The average Bonchev–Trinajstić information content (AvgIpc) is 3.06. The lowest BCUT2D eigenvalue weighted by atomic mass is 10.1. The van der Waals surface area contributed by atoms with Gasteiger partial charge in [0.25, 0.3) is 11.1 Å². The minimum atomic E-state index is -0.417. The third kappa shape index (κ3) is 5.40. The SMILES string of the molecule is COc1cc(/C=C2\SC(=O)N(Cc3ccc(F)cc3)C2=O)ccc1OCc1cccc(F)c1. The number of carbonyl (C=O) groups is 2. The highest BCUT2D eigenvalue weighted by Gasteiger charge is 2.35. The molecule has 3 aromatic rings. The van der Waals surface area contributed by atoms with Crippen LogP contribution in [0.5, 0.6) is 11.5 Å². The summed E-state index contributed by atoms with van der Waals surface area (Å²) >= 11 is 0.842. The van der Waals surface area contributed by atoms with Crippen molar-refractivity contribution in [1.82, 2.24) is 4.90 Å². The maximum atomic E-state index is 13.4. The largest absolute Gasteiger partial charge is 0.493 e. The highest BCUT2D eigenvalue weighted by atomic mass is 32.2. The van der Waals surface area contributed by atoms with Gasteiger partial charge in [0.15, 0.2) is 11.5 Å². The maximum Gasteiger partial charge on any atom is 0.293 e. The van der Waals surface area contributed by atoms with Gasteiger partial charge in [-0.2, -0.15) is 0 Å². The van der Waals surface area contributed by atoms with Crippen LogP contribution in [0.2, 0.25) is 0 Å². The van der Waals surface area contributed by atoms with Crippen LogP contribution in [-0.2, 0) is 17.9 Å². The van der Waals surface area contributed by atoms with Crippen molar-refractivity contribution in [3.05, 3.63) is 100.0 Å². The van der Waals surface area contributed by atoms with E-state index in [-0.39, 0.29) is 29.7 Å². The van der Waals surface area contributed by atoms with Gasteiger partial charge in [-0.1, -0.05) is 30.3 Å². The van der Waals surface area contributed by atoms with Crippen molar-refractivity contribution in [2.24, 2.45) is 0 Å². The summed E-state index contributed by atoms with van der Waals surface area (Å²) in [6, 6.07) is 16.9. The van der Waals surface area contributed by atoms with E-state index in [0.717, 1.165) is 16.7 Å². The summed E-state index contributed by atoms with van der Waals surface area (Å²) in [7, 11) is 1.49. The summed E-state index contributed by atoms with van der Waals surface area (Å²) in [6.45, 7) is 0.230. The number of hydrogen-bond acceptors (Lipinski definition) is 5. The van der Waals surface area contributed by atoms with Crippen LogP contribution in [-0.4, -0.2) is 23.2 Å². The minimum absolute atomic E-state index is 0.0679. The zero-order chi connectivity index (χ0) is 23.4. The van der Waals surface area contributed by atoms with Crippen LogP contribution in [0.1, 0.15) is 16.7 Å². The molecule has 0 atom stereocenters. The van der Waals surface area contributed by atoms with Gasteiger partial charge in [0.1, 0.15) is 18.2 Å². The molecule has 1 aliphatic heterocycles. The van der Waals surface area contributed by atoms with E-state index in [4.69, 9.17) is 9.47 Å². The van der Waals surface area contributed by atoms with Crippen LogP contribution in [0.3, 0.4) is 0 Å². The topological polar surface area (TPSA) is 55.8 Å². The van der Waals surface area contributed by atoms with Crippen molar-refractivity contribution in [3.8, 4) is 11.5 Å². The van der Waals surface area contributed by atoms with Crippen molar-refractivity contribution in [1.29, 1.82) is 0 Å². The van der Waals surface area contributed by atoms with Crippen molar-refractivity contribution in [3.63, 3.8) is 0 Å². The van der Waals surface area contributed by atoms with Crippen molar-refractivity contribution < 1.29 is 27.8 Å². The Bertz CT molecular complexity index is 1230. The normalized spacial score (nSPS) is 14.8. The Morgan fingerprint density at radius 2 is 1.70 bits per heavy atom. The van der Waals surface area contributed by atoms with E-state index in [1.807, 2.05) is 0 Å². The molecule has 4 rings (SSSR count). The van der Waals surface area contributed by atoms with E-state index in [9.17, 15) is 18.4 Å². The number of rotatable bonds is 7. The van der Waals surface area contributed by atoms with Crippen LogP contribution in [0.15, 0.2) is 71.6 Å². The van der Waals surface area contributed by atoms with Crippen LogP contribution in [0.25, 0.3) is 6.08 Å². The Morgan fingerprint density at radius 1 is 0.909 bits per heavy atom. The summed E-state index contributed by atoms with van der Waals surface area (Å²) in [5, 5.41) is -0.391. The number of benzene rings is 3. The number of nitrogens with zero attached hydrogens (tertiary/aromatic N) is 1. The molecular formula is C25H19F2NO4S. The van der Waals surface area contributed by atoms with Crippen LogP contribution in [0.4, 0.5) is 13.6 Å². The van der Waals surface area contributed by atoms with E-state index in [1.54, 1.807) is 36.4 Å². The molecule has 2 amide bonds. The molecule has 3 aromatic carbocycles. The van der Waals surface area contributed by atoms with Gasteiger partial charge in [-0.15, -0.1) is 0 Å². The molecule has 0 spiro atoms. The molecule has 0 aliphatic carbocycles. The van der Waals surface area contributed by atoms with E-state index >= 15 is 0 Å². The molecule has 1 aliphatic rings. The summed E-state index contributed by atoms with van der Waals surface area (Å²) in [5.74, 6) is -0.245. The summed E-state index contributed by atoms with van der Waals surface area (Å²) in [4.78, 5) is 26.5.